The Morgan fingerprint density at radius 2 is 2.26 bits per heavy atom. The smallest absolute Gasteiger partial charge is 0.270 e. The zero-order valence-electron chi connectivity index (χ0n) is 10.8. The third-order valence-electron chi connectivity index (χ3n) is 3.48. The van der Waals surface area contributed by atoms with Crippen LogP contribution in [0.4, 0.5) is 11.4 Å². The Labute approximate surface area is 131 Å². The van der Waals surface area contributed by atoms with Gasteiger partial charge in [0.05, 0.1) is 4.92 Å². The lowest BCUT2D eigenvalue weighted by Crippen LogP contribution is -2.28. The summed E-state index contributed by atoms with van der Waals surface area (Å²) < 4.78 is 0.915. The summed E-state index contributed by atoms with van der Waals surface area (Å²) in [4.78, 5) is 10.4. The van der Waals surface area contributed by atoms with Gasteiger partial charge in [-0.1, -0.05) is 6.42 Å². The average molecular weight is 392 g/mol. The highest BCUT2D eigenvalue weighted by Crippen LogP contribution is 2.31. The van der Waals surface area contributed by atoms with E-state index in [1.54, 1.807) is 12.1 Å². The molecule has 6 heteroatoms. The summed E-state index contributed by atoms with van der Waals surface area (Å²) in [7, 11) is 0. The van der Waals surface area contributed by atoms with Crippen molar-refractivity contribution in [2.24, 2.45) is 0 Å². The molecule has 0 saturated heterocycles. The number of hydrogen-bond acceptors (Lipinski definition) is 4. The number of nitrogens with one attached hydrogen (secondary N) is 1. The standard InChI is InChI=1S/C13H17IN2O2S/c1-19-11-4-2-3-9(7-11)15-13-6-5-10(16(17)18)8-12(13)14/h5-6,8-9,11,15H,2-4,7H2,1H3. The van der Waals surface area contributed by atoms with E-state index in [1.165, 1.54) is 25.7 Å². The minimum Gasteiger partial charge on any atom is -0.381 e. The van der Waals surface area contributed by atoms with Crippen LogP contribution in [0.2, 0.25) is 0 Å². The van der Waals surface area contributed by atoms with Crippen molar-refractivity contribution in [1.29, 1.82) is 0 Å². The molecule has 0 aliphatic heterocycles. The van der Waals surface area contributed by atoms with Crippen molar-refractivity contribution in [3.05, 3.63) is 31.9 Å². The molecule has 0 aromatic heterocycles. The number of benzene rings is 1. The molecule has 0 spiro atoms. The van der Waals surface area contributed by atoms with E-state index in [0.717, 1.165) is 14.5 Å². The molecule has 4 nitrogen and oxygen atoms in total. The number of thioether (sulfide) groups is 1. The van der Waals surface area contributed by atoms with Crippen LogP contribution >= 0.6 is 34.4 Å². The lowest BCUT2D eigenvalue weighted by Gasteiger charge is -2.29. The van der Waals surface area contributed by atoms with Gasteiger partial charge in [-0.25, -0.2) is 0 Å². The average Bonchev–Trinajstić information content (AvgIpc) is 2.41. The lowest BCUT2D eigenvalue weighted by molar-refractivity contribution is -0.384. The van der Waals surface area contributed by atoms with Gasteiger partial charge in [0.25, 0.3) is 5.69 Å². The lowest BCUT2D eigenvalue weighted by atomic mass is 9.95. The van der Waals surface area contributed by atoms with Crippen molar-refractivity contribution in [3.8, 4) is 0 Å². The first-order valence-electron chi connectivity index (χ1n) is 6.33. The van der Waals surface area contributed by atoms with Crippen molar-refractivity contribution in [3.63, 3.8) is 0 Å². The zero-order valence-corrected chi connectivity index (χ0v) is 13.7. The van der Waals surface area contributed by atoms with Crippen molar-refractivity contribution < 1.29 is 4.92 Å². The number of hydrogen-bond donors (Lipinski definition) is 1. The number of halogens is 1. The summed E-state index contributed by atoms with van der Waals surface area (Å²) in [6, 6.07) is 5.50. The van der Waals surface area contributed by atoms with Gasteiger partial charge in [0, 0.05) is 32.7 Å². The van der Waals surface area contributed by atoms with Crippen LogP contribution in [0.25, 0.3) is 0 Å². The van der Waals surface area contributed by atoms with Crippen LogP contribution in [0.15, 0.2) is 18.2 Å². The molecule has 2 unspecified atom stereocenters. The van der Waals surface area contributed by atoms with Crippen molar-refractivity contribution in [2.45, 2.75) is 37.0 Å². The van der Waals surface area contributed by atoms with E-state index < -0.39 is 0 Å². The quantitative estimate of drug-likeness (QED) is 0.472. The van der Waals surface area contributed by atoms with Gasteiger partial charge < -0.3 is 5.32 Å². The molecule has 0 bridgehead atoms. The summed E-state index contributed by atoms with van der Waals surface area (Å²) in [6.45, 7) is 0. The van der Waals surface area contributed by atoms with Gasteiger partial charge in [0.1, 0.15) is 0 Å². The van der Waals surface area contributed by atoms with E-state index in [-0.39, 0.29) is 10.6 Å². The highest BCUT2D eigenvalue weighted by Gasteiger charge is 2.21. The molecule has 19 heavy (non-hydrogen) atoms. The molecule has 0 radical (unpaired) electrons. The third kappa shape index (κ3) is 3.98. The Bertz CT molecular complexity index is 470. The Hall–Kier alpha value is -0.500. The Morgan fingerprint density at radius 3 is 2.89 bits per heavy atom. The maximum Gasteiger partial charge on any atom is 0.270 e. The summed E-state index contributed by atoms with van der Waals surface area (Å²) >= 11 is 4.10. The minimum atomic E-state index is -0.351. The molecule has 0 heterocycles. The van der Waals surface area contributed by atoms with Gasteiger partial charge in [-0.2, -0.15) is 11.8 Å². The van der Waals surface area contributed by atoms with Gasteiger partial charge in [0.15, 0.2) is 0 Å². The molecule has 1 aromatic rings. The second kappa shape index (κ2) is 6.78. The number of non-ortho nitro benzene ring substituents is 1. The molecule has 1 N–H and O–H groups in total. The van der Waals surface area contributed by atoms with E-state index in [4.69, 9.17) is 0 Å². The van der Waals surface area contributed by atoms with Crippen molar-refractivity contribution in [2.75, 3.05) is 11.6 Å². The summed E-state index contributed by atoms with van der Waals surface area (Å²) in [5.41, 5.74) is 1.17. The first-order chi connectivity index (χ1) is 9.10. The molecule has 1 saturated carbocycles. The second-order valence-corrected chi connectivity index (χ2v) is 7.09. The van der Waals surface area contributed by atoms with Gasteiger partial charge in [0.2, 0.25) is 0 Å². The Kier molecular flexibility index (Phi) is 5.32. The number of nitro groups is 1. The minimum absolute atomic E-state index is 0.153. The predicted molar refractivity (Wildman–Crippen MR) is 89.0 cm³/mol. The first-order valence-corrected chi connectivity index (χ1v) is 8.70. The van der Waals surface area contributed by atoms with E-state index >= 15 is 0 Å². The largest absolute Gasteiger partial charge is 0.381 e. The van der Waals surface area contributed by atoms with E-state index in [1.807, 2.05) is 17.8 Å². The molecular weight excluding hydrogens is 375 g/mol. The molecular formula is C13H17IN2O2S. The number of nitrogens with zero attached hydrogens (tertiary/aromatic N) is 1. The normalized spacial score (nSPS) is 23.1. The fourth-order valence-electron chi connectivity index (χ4n) is 2.44. The Morgan fingerprint density at radius 1 is 1.47 bits per heavy atom. The van der Waals surface area contributed by atoms with Gasteiger partial charge in [-0.3, -0.25) is 10.1 Å². The fraction of sp³-hybridized carbons (Fsp3) is 0.538. The van der Waals surface area contributed by atoms with Gasteiger partial charge in [-0.05, 0) is 54.2 Å². The van der Waals surface area contributed by atoms with Gasteiger partial charge in [-0.15, -0.1) is 0 Å². The molecule has 104 valence electrons. The van der Waals surface area contributed by atoms with Crippen LogP contribution in [0.1, 0.15) is 25.7 Å². The molecule has 1 fully saturated rings. The topological polar surface area (TPSA) is 55.2 Å². The number of nitro benzene ring substituents is 1. The van der Waals surface area contributed by atoms with Crippen molar-refractivity contribution in [1.82, 2.24) is 0 Å². The maximum atomic E-state index is 10.7. The summed E-state index contributed by atoms with van der Waals surface area (Å²) in [6.07, 6.45) is 7.09. The zero-order chi connectivity index (χ0) is 13.8. The highest BCUT2D eigenvalue weighted by atomic mass is 127. The van der Waals surface area contributed by atoms with E-state index in [9.17, 15) is 10.1 Å². The van der Waals surface area contributed by atoms with Crippen LogP contribution in [-0.2, 0) is 0 Å². The third-order valence-corrected chi connectivity index (χ3v) is 5.47. The molecule has 0 amide bonds. The van der Waals surface area contributed by atoms with Gasteiger partial charge >= 0.3 is 0 Å². The SMILES string of the molecule is CSC1CCCC(Nc2ccc([N+](=O)[O-])cc2I)C1. The molecule has 1 aromatic carbocycles. The van der Waals surface area contributed by atoms with Crippen LogP contribution < -0.4 is 5.32 Å². The number of anilines is 1. The van der Waals surface area contributed by atoms with Crippen molar-refractivity contribution >= 4 is 45.7 Å². The first kappa shape index (κ1) is 14.9. The molecule has 1 aliphatic rings. The maximum absolute atomic E-state index is 10.7. The second-order valence-electron chi connectivity index (χ2n) is 4.79. The van der Waals surface area contributed by atoms with E-state index in [0.29, 0.717) is 6.04 Å². The number of rotatable bonds is 4. The molecule has 1 aliphatic carbocycles. The van der Waals surface area contributed by atoms with Crippen LogP contribution in [0, 0.1) is 13.7 Å². The highest BCUT2D eigenvalue weighted by molar-refractivity contribution is 14.1. The predicted octanol–water partition coefficient (Wildman–Crippen LogP) is 4.29. The van der Waals surface area contributed by atoms with E-state index in [2.05, 4.69) is 34.2 Å². The summed E-state index contributed by atoms with van der Waals surface area (Å²) in [5.74, 6) is 0. The van der Waals surface area contributed by atoms with Crippen LogP contribution in [-0.4, -0.2) is 22.5 Å². The van der Waals surface area contributed by atoms with Crippen LogP contribution in [0.3, 0.4) is 0 Å². The Balaban J connectivity index is 2.04. The monoisotopic (exact) mass is 392 g/mol. The fourth-order valence-corrected chi connectivity index (χ4v) is 3.93. The summed E-state index contributed by atoms with van der Waals surface area (Å²) in [5, 5.41) is 15.0. The molecule has 2 atom stereocenters. The molecule has 2 rings (SSSR count). The van der Waals surface area contributed by atoms with Crippen LogP contribution in [0.5, 0.6) is 0 Å².